The molecule has 1 aliphatic rings. The molecule has 0 radical (unpaired) electrons. The first-order valence-corrected chi connectivity index (χ1v) is 6.43. The lowest BCUT2D eigenvalue weighted by Crippen LogP contribution is -2.40. The molecule has 2 nitrogen and oxygen atoms in total. The predicted octanol–water partition coefficient (Wildman–Crippen LogP) is 2.46. The van der Waals surface area contributed by atoms with Gasteiger partial charge in [0.25, 0.3) is 0 Å². The van der Waals surface area contributed by atoms with E-state index in [2.05, 4.69) is 4.90 Å². The molecule has 1 aromatic carbocycles. The molecule has 0 amide bonds. The van der Waals surface area contributed by atoms with Gasteiger partial charge in [-0.25, -0.2) is 8.78 Å². The van der Waals surface area contributed by atoms with Crippen LogP contribution in [0.4, 0.5) is 8.78 Å². The number of benzene rings is 1. The van der Waals surface area contributed by atoms with Crippen LogP contribution in [0.15, 0.2) is 18.2 Å². The van der Waals surface area contributed by atoms with E-state index in [0.29, 0.717) is 17.1 Å². The van der Waals surface area contributed by atoms with Crippen LogP contribution in [0.25, 0.3) is 0 Å². The van der Waals surface area contributed by atoms with Gasteiger partial charge in [-0.3, -0.25) is 4.90 Å². The maximum Gasteiger partial charge on any atom is 0.163 e. The number of nitrogens with two attached hydrogens (primary N) is 1. The van der Waals surface area contributed by atoms with Crippen molar-refractivity contribution in [2.24, 2.45) is 11.7 Å². The molecular weight excluding hydrogens is 254 g/mol. The molecule has 2 rings (SSSR count). The first-order chi connectivity index (χ1) is 8.58. The highest BCUT2D eigenvalue weighted by molar-refractivity contribution is 7.80. The summed E-state index contributed by atoms with van der Waals surface area (Å²) in [5, 5.41) is 0. The van der Waals surface area contributed by atoms with Crippen molar-refractivity contribution in [3.8, 4) is 0 Å². The van der Waals surface area contributed by atoms with Gasteiger partial charge in [0.2, 0.25) is 0 Å². The second-order valence-corrected chi connectivity index (χ2v) is 5.16. The van der Waals surface area contributed by atoms with E-state index in [1.165, 1.54) is 6.07 Å². The van der Waals surface area contributed by atoms with E-state index in [1.807, 2.05) is 0 Å². The van der Waals surface area contributed by atoms with Gasteiger partial charge in [0.1, 0.15) is 0 Å². The number of hydrogen-bond acceptors (Lipinski definition) is 2. The molecule has 1 fully saturated rings. The molecule has 1 heterocycles. The Morgan fingerprint density at radius 3 is 2.94 bits per heavy atom. The van der Waals surface area contributed by atoms with Gasteiger partial charge in [0.15, 0.2) is 11.6 Å². The van der Waals surface area contributed by atoms with Crippen LogP contribution in [0, 0.1) is 17.6 Å². The van der Waals surface area contributed by atoms with E-state index in [4.69, 9.17) is 18.0 Å². The van der Waals surface area contributed by atoms with Crippen molar-refractivity contribution in [2.75, 3.05) is 13.1 Å². The zero-order chi connectivity index (χ0) is 13.1. The van der Waals surface area contributed by atoms with Gasteiger partial charge in [0.05, 0.1) is 4.99 Å². The van der Waals surface area contributed by atoms with Gasteiger partial charge in [-0.05, 0) is 25.5 Å². The molecule has 0 aromatic heterocycles. The molecule has 0 bridgehead atoms. The van der Waals surface area contributed by atoms with Gasteiger partial charge in [0, 0.05) is 24.6 Å². The molecule has 98 valence electrons. The Morgan fingerprint density at radius 2 is 2.22 bits per heavy atom. The number of halogens is 2. The summed E-state index contributed by atoms with van der Waals surface area (Å²) in [6.07, 6.45) is 1.97. The zero-order valence-electron chi connectivity index (χ0n) is 10.0. The lowest BCUT2D eigenvalue weighted by atomic mass is 9.97. The van der Waals surface area contributed by atoms with Gasteiger partial charge in [-0.15, -0.1) is 0 Å². The van der Waals surface area contributed by atoms with Crippen LogP contribution in [0.1, 0.15) is 18.4 Å². The molecule has 0 saturated carbocycles. The summed E-state index contributed by atoms with van der Waals surface area (Å²) in [5.74, 6) is -1.37. The largest absolute Gasteiger partial charge is 0.393 e. The Balaban J connectivity index is 2.05. The van der Waals surface area contributed by atoms with E-state index < -0.39 is 11.6 Å². The first kappa shape index (κ1) is 13.4. The van der Waals surface area contributed by atoms with E-state index in [1.54, 1.807) is 6.07 Å². The van der Waals surface area contributed by atoms with E-state index in [0.717, 1.165) is 32.0 Å². The Labute approximate surface area is 111 Å². The van der Waals surface area contributed by atoms with Crippen molar-refractivity contribution in [1.29, 1.82) is 0 Å². The summed E-state index contributed by atoms with van der Waals surface area (Å²) in [4.78, 5) is 2.59. The maximum absolute atomic E-state index is 13.6. The van der Waals surface area contributed by atoms with E-state index in [-0.39, 0.29) is 5.92 Å². The standard InChI is InChI=1S/C13H16F2N2S/c14-11-5-1-3-9(12(11)15)7-17-6-2-4-10(8-17)13(16)18/h1,3,5,10H,2,4,6-8H2,(H2,16,18). The summed E-state index contributed by atoms with van der Waals surface area (Å²) < 4.78 is 26.7. The monoisotopic (exact) mass is 270 g/mol. The predicted molar refractivity (Wildman–Crippen MR) is 71.1 cm³/mol. The Hall–Kier alpha value is -1.07. The molecule has 0 spiro atoms. The summed E-state index contributed by atoms with van der Waals surface area (Å²) >= 11 is 5.00. The number of likely N-dealkylation sites (tertiary alicyclic amines) is 1. The maximum atomic E-state index is 13.6. The van der Waals surface area contributed by atoms with Gasteiger partial charge >= 0.3 is 0 Å². The molecular formula is C13H16F2N2S. The number of hydrogen-bond donors (Lipinski definition) is 1. The fourth-order valence-electron chi connectivity index (χ4n) is 2.34. The molecule has 1 aliphatic heterocycles. The Morgan fingerprint density at radius 1 is 1.44 bits per heavy atom. The molecule has 5 heteroatoms. The van der Waals surface area contributed by atoms with Gasteiger partial charge < -0.3 is 5.73 Å². The third-order valence-corrected chi connectivity index (χ3v) is 3.67. The zero-order valence-corrected chi connectivity index (χ0v) is 10.9. The fraction of sp³-hybridized carbons (Fsp3) is 0.462. The summed E-state index contributed by atoms with van der Waals surface area (Å²) in [5.41, 5.74) is 6.04. The van der Waals surface area contributed by atoms with Crippen LogP contribution in [0.5, 0.6) is 0 Å². The minimum atomic E-state index is -0.796. The second-order valence-electron chi connectivity index (χ2n) is 4.69. The van der Waals surface area contributed by atoms with Crippen LogP contribution in [-0.2, 0) is 6.54 Å². The molecule has 0 aliphatic carbocycles. The van der Waals surface area contributed by atoms with Crippen LogP contribution in [0.2, 0.25) is 0 Å². The molecule has 1 unspecified atom stereocenters. The van der Waals surface area contributed by atoms with Crippen LogP contribution >= 0.6 is 12.2 Å². The molecule has 1 saturated heterocycles. The van der Waals surface area contributed by atoms with E-state index in [9.17, 15) is 8.78 Å². The van der Waals surface area contributed by atoms with Crippen molar-refractivity contribution >= 4 is 17.2 Å². The number of nitrogens with zero attached hydrogens (tertiary/aromatic N) is 1. The minimum absolute atomic E-state index is 0.186. The highest BCUT2D eigenvalue weighted by atomic mass is 32.1. The van der Waals surface area contributed by atoms with Crippen molar-refractivity contribution in [3.63, 3.8) is 0 Å². The van der Waals surface area contributed by atoms with Crippen LogP contribution < -0.4 is 5.73 Å². The average molecular weight is 270 g/mol. The lowest BCUT2D eigenvalue weighted by Gasteiger charge is -2.32. The summed E-state index contributed by atoms with van der Waals surface area (Å²) in [6.45, 7) is 2.00. The van der Waals surface area contributed by atoms with Gasteiger partial charge in [-0.1, -0.05) is 24.4 Å². The molecule has 18 heavy (non-hydrogen) atoms. The Kier molecular flexibility index (Phi) is 4.24. The normalized spacial score (nSPS) is 20.9. The molecule has 1 aromatic rings. The number of thiocarbonyl (C=S) groups is 1. The van der Waals surface area contributed by atoms with Crippen molar-refractivity contribution in [2.45, 2.75) is 19.4 Å². The third kappa shape index (κ3) is 3.03. The summed E-state index contributed by atoms with van der Waals surface area (Å²) in [7, 11) is 0. The Bertz CT molecular complexity index is 451. The van der Waals surface area contributed by atoms with Crippen molar-refractivity contribution in [1.82, 2.24) is 4.90 Å². The second kappa shape index (κ2) is 5.71. The SMILES string of the molecule is NC(=S)C1CCCN(Cc2cccc(F)c2F)C1. The number of piperidine rings is 1. The highest BCUT2D eigenvalue weighted by Gasteiger charge is 2.22. The third-order valence-electron chi connectivity index (χ3n) is 3.33. The quantitative estimate of drug-likeness (QED) is 0.856. The van der Waals surface area contributed by atoms with E-state index >= 15 is 0 Å². The molecule has 1 atom stereocenters. The van der Waals surface area contributed by atoms with Crippen LogP contribution in [-0.4, -0.2) is 23.0 Å². The van der Waals surface area contributed by atoms with Crippen LogP contribution in [0.3, 0.4) is 0 Å². The minimum Gasteiger partial charge on any atom is -0.393 e. The highest BCUT2D eigenvalue weighted by Crippen LogP contribution is 2.20. The topological polar surface area (TPSA) is 29.3 Å². The number of rotatable bonds is 3. The summed E-state index contributed by atoms with van der Waals surface area (Å²) in [6, 6.07) is 4.28. The lowest BCUT2D eigenvalue weighted by molar-refractivity contribution is 0.194. The van der Waals surface area contributed by atoms with Crippen molar-refractivity contribution < 1.29 is 8.78 Å². The smallest absolute Gasteiger partial charge is 0.163 e. The van der Waals surface area contributed by atoms with Crippen molar-refractivity contribution in [3.05, 3.63) is 35.4 Å². The molecule has 2 N–H and O–H groups in total. The average Bonchev–Trinajstić information content (AvgIpc) is 2.35. The fourth-order valence-corrected chi connectivity index (χ4v) is 2.54. The van der Waals surface area contributed by atoms with Gasteiger partial charge in [-0.2, -0.15) is 0 Å². The first-order valence-electron chi connectivity index (χ1n) is 6.02.